The first kappa shape index (κ1) is 11.5. The van der Waals surface area contributed by atoms with Gasteiger partial charge >= 0.3 is 6.18 Å². The quantitative estimate of drug-likeness (QED) is 0.693. The molecule has 0 bridgehead atoms. The zero-order valence-corrected chi connectivity index (χ0v) is 8.99. The van der Waals surface area contributed by atoms with E-state index in [4.69, 9.17) is 11.8 Å². The SMILES string of the molecule is FC(F)(F)/C(=N/Cl)c1ccc(Br)cc1. The summed E-state index contributed by atoms with van der Waals surface area (Å²) in [6, 6.07) is 5.56. The monoisotopic (exact) mass is 285 g/mol. The molecule has 0 saturated heterocycles. The fraction of sp³-hybridized carbons (Fsp3) is 0.125. The molecule has 1 aromatic carbocycles. The highest BCUT2D eigenvalue weighted by molar-refractivity contribution is 9.10. The lowest BCUT2D eigenvalue weighted by molar-refractivity contribution is -0.0578. The van der Waals surface area contributed by atoms with E-state index in [0.717, 1.165) is 0 Å². The van der Waals surface area contributed by atoms with Crippen LogP contribution in [0.2, 0.25) is 0 Å². The van der Waals surface area contributed by atoms with E-state index in [1.54, 1.807) is 0 Å². The van der Waals surface area contributed by atoms with Crippen LogP contribution in [0.15, 0.2) is 33.2 Å². The van der Waals surface area contributed by atoms with Crippen molar-refractivity contribution < 1.29 is 13.2 Å². The van der Waals surface area contributed by atoms with Gasteiger partial charge in [0.1, 0.15) is 0 Å². The summed E-state index contributed by atoms with van der Waals surface area (Å²) < 4.78 is 40.2. The third kappa shape index (κ3) is 2.72. The van der Waals surface area contributed by atoms with Gasteiger partial charge in [-0.25, -0.2) is 0 Å². The molecule has 0 spiro atoms. The minimum absolute atomic E-state index is 0.0595. The summed E-state index contributed by atoms with van der Waals surface area (Å²) in [4.78, 5) is 0. The smallest absolute Gasteiger partial charge is 0.172 e. The van der Waals surface area contributed by atoms with E-state index >= 15 is 0 Å². The van der Waals surface area contributed by atoms with Gasteiger partial charge in [0.15, 0.2) is 5.71 Å². The fourth-order valence-corrected chi connectivity index (χ4v) is 1.33. The number of alkyl halides is 3. The minimum Gasteiger partial charge on any atom is -0.172 e. The van der Waals surface area contributed by atoms with Crippen LogP contribution in [-0.4, -0.2) is 11.9 Å². The van der Waals surface area contributed by atoms with Gasteiger partial charge in [-0.1, -0.05) is 28.1 Å². The summed E-state index contributed by atoms with van der Waals surface area (Å²) in [6.07, 6.45) is -4.53. The Morgan fingerprint density at radius 3 is 2.07 bits per heavy atom. The van der Waals surface area contributed by atoms with Crippen molar-refractivity contribution >= 4 is 33.4 Å². The van der Waals surface area contributed by atoms with E-state index in [2.05, 4.69) is 20.4 Å². The zero-order chi connectivity index (χ0) is 10.8. The van der Waals surface area contributed by atoms with Crippen LogP contribution in [0.1, 0.15) is 5.56 Å². The van der Waals surface area contributed by atoms with Crippen LogP contribution in [0.5, 0.6) is 0 Å². The number of hydrogen-bond donors (Lipinski definition) is 0. The van der Waals surface area contributed by atoms with Crippen molar-refractivity contribution in [2.24, 2.45) is 4.51 Å². The van der Waals surface area contributed by atoms with Gasteiger partial charge in [-0.05, 0) is 12.1 Å². The highest BCUT2D eigenvalue weighted by Crippen LogP contribution is 2.24. The summed E-state index contributed by atoms with van der Waals surface area (Å²) in [6.45, 7) is 0. The number of hydrogen-bond acceptors (Lipinski definition) is 1. The summed E-state index contributed by atoms with van der Waals surface area (Å²) in [7, 11) is 0. The van der Waals surface area contributed by atoms with Crippen LogP contribution in [0.4, 0.5) is 13.2 Å². The highest BCUT2D eigenvalue weighted by Gasteiger charge is 2.36. The van der Waals surface area contributed by atoms with Crippen LogP contribution >= 0.6 is 27.7 Å². The third-order valence-electron chi connectivity index (χ3n) is 1.47. The molecule has 0 aliphatic carbocycles. The Morgan fingerprint density at radius 1 is 1.21 bits per heavy atom. The molecular weight excluding hydrogens is 282 g/mol. The molecule has 0 aromatic heterocycles. The van der Waals surface area contributed by atoms with Crippen molar-refractivity contribution in [2.75, 3.05) is 0 Å². The lowest BCUT2D eigenvalue weighted by Gasteiger charge is -2.08. The Hall–Kier alpha value is -0.550. The molecule has 0 unspecified atom stereocenters. The molecule has 0 saturated carbocycles. The van der Waals surface area contributed by atoms with E-state index in [1.165, 1.54) is 24.3 Å². The maximum Gasteiger partial charge on any atom is 0.435 e. The largest absolute Gasteiger partial charge is 0.435 e. The molecule has 0 radical (unpaired) electrons. The van der Waals surface area contributed by atoms with Crippen LogP contribution in [0.25, 0.3) is 0 Å². The molecule has 1 nitrogen and oxygen atoms in total. The lowest BCUT2D eigenvalue weighted by Crippen LogP contribution is -2.23. The number of rotatable bonds is 1. The highest BCUT2D eigenvalue weighted by atomic mass is 79.9. The van der Waals surface area contributed by atoms with Crippen molar-refractivity contribution in [3.63, 3.8) is 0 Å². The molecule has 0 atom stereocenters. The second-order valence-corrected chi connectivity index (χ2v) is 3.52. The number of nitrogens with zero attached hydrogens (tertiary/aromatic N) is 1. The van der Waals surface area contributed by atoms with Gasteiger partial charge in [0.2, 0.25) is 0 Å². The maximum absolute atomic E-state index is 12.3. The molecule has 0 aliphatic rings. The zero-order valence-electron chi connectivity index (χ0n) is 6.65. The van der Waals surface area contributed by atoms with Crippen LogP contribution in [-0.2, 0) is 0 Å². The van der Waals surface area contributed by atoms with Crippen molar-refractivity contribution in [2.45, 2.75) is 6.18 Å². The van der Waals surface area contributed by atoms with E-state index in [9.17, 15) is 13.2 Å². The van der Waals surface area contributed by atoms with E-state index < -0.39 is 11.9 Å². The summed E-state index contributed by atoms with van der Waals surface area (Å²) in [5.74, 6) is 0. The average molecular weight is 286 g/mol. The summed E-state index contributed by atoms with van der Waals surface area (Å²) in [5.41, 5.74) is -1.15. The van der Waals surface area contributed by atoms with Crippen molar-refractivity contribution in [3.05, 3.63) is 34.3 Å². The molecule has 14 heavy (non-hydrogen) atoms. The van der Waals surface area contributed by atoms with Gasteiger partial charge in [-0.15, -0.1) is 0 Å². The molecule has 0 amide bonds. The Balaban J connectivity index is 3.10. The Kier molecular flexibility index (Phi) is 3.55. The van der Waals surface area contributed by atoms with Crippen molar-refractivity contribution in [1.29, 1.82) is 0 Å². The third-order valence-corrected chi connectivity index (χ3v) is 2.17. The first-order chi connectivity index (χ1) is 6.45. The van der Waals surface area contributed by atoms with Crippen LogP contribution < -0.4 is 0 Å². The van der Waals surface area contributed by atoms with Crippen molar-refractivity contribution in [3.8, 4) is 0 Å². The second kappa shape index (κ2) is 4.31. The molecule has 0 N–H and O–H groups in total. The molecule has 0 aliphatic heterocycles. The maximum atomic E-state index is 12.3. The van der Waals surface area contributed by atoms with E-state index in [0.29, 0.717) is 4.47 Å². The Labute approximate surface area is 91.8 Å². The summed E-state index contributed by atoms with van der Waals surface area (Å²) in [5, 5.41) is 0. The number of benzene rings is 1. The summed E-state index contributed by atoms with van der Waals surface area (Å²) >= 11 is 8.00. The predicted molar refractivity (Wildman–Crippen MR) is 52.6 cm³/mol. The molecular formula is C8H4BrClF3N. The molecule has 1 aromatic rings. The van der Waals surface area contributed by atoms with Crippen molar-refractivity contribution in [1.82, 2.24) is 0 Å². The van der Waals surface area contributed by atoms with Gasteiger partial charge in [0.25, 0.3) is 0 Å². The predicted octanol–water partition coefficient (Wildman–Crippen LogP) is 3.95. The Bertz CT molecular complexity index is 345. The van der Waals surface area contributed by atoms with Crippen LogP contribution in [0, 0.1) is 0 Å². The normalized spacial score (nSPS) is 13.1. The van der Waals surface area contributed by atoms with Gasteiger partial charge in [-0.2, -0.15) is 17.7 Å². The average Bonchev–Trinajstić information content (AvgIpc) is 2.07. The van der Waals surface area contributed by atoms with Crippen LogP contribution in [0.3, 0.4) is 0 Å². The molecule has 0 heterocycles. The molecule has 0 fully saturated rings. The van der Waals surface area contributed by atoms with Gasteiger partial charge in [0, 0.05) is 21.8 Å². The topological polar surface area (TPSA) is 12.4 Å². The lowest BCUT2D eigenvalue weighted by atomic mass is 10.1. The fourth-order valence-electron chi connectivity index (χ4n) is 0.868. The van der Waals surface area contributed by atoms with Gasteiger partial charge in [0.05, 0.1) is 0 Å². The van der Waals surface area contributed by atoms with E-state index in [1.807, 2.05) is 0 Å². The molecule has 76 valence electrons. The van der Waals surface area contributed by atoms with E-state index in [-0.39, 0.29) is 5.56 Å². The molecule has 6 heteroatoms. The molecule has 1 rings (SSSR count). The second-order valence-electron chi connectivity index (χ2n) is 2.44. The Morgan fingerprint density at radius 2 is 1.71 bits per heavy atom. The minimum atomic E-state index is -4.53. The number of halogens is 5. The van der Waals surface area contributed by atoms with Gasteiger partial charge < -0.3 is 0 Å². The first-order valence-electron chi connectivity index (χ1n) is 3.47. The van der Waals surface area contributed by atoms with Gasteiger partial charge in [-0.3, -0.25) is 0 Å². The standard InChI is InChI=1S/C8H4BrClF3N/c9-6-3-1-5(2-4-6)7(14-10)8(11,12)13/h1-4H/b14-7+. The first-order valence-corrected chi connectivity index (χ1v) is 4.60.